The zero-order valence-electron chi connectivity index (χ0n) is 19.3. The van der Waals surface area contributed by atoms with Gasteiger partial charge in [0.1, 0.15) is 11.3 Å². The van der Waals surface area contributed by atoms with Crippen LogP contribution in [0.4, 0.5) is 5.69 Å². The van der Waals surface area contributed by atoms with Crippen LogP contribution in [0.3, 0.4) is 0 Å². The number of fused-ring (bicyclic) bond motifs is 1. The smallest absolute Gasteiger partial charge is 0.336 e. The molecule has 0 aliphatic carbocycles. The Balaban J connectivity index is 1.80. The highest BCUT2D eigenvalue weighted by molar-refractivity contribution is 7.89. The van der Waals surface area contributed by atoms with E-state index in [1.807, 2.05) is 13.0 Å². The maximum Gasteiger partial charge on any atom is 0.336 e. The van der Waals surface area contributed by atoms with Crippen LogP contribution in [0.5, 0.6) is 5.75 Å². The molecule has 33 heavy (non-hydrogen) atoms. The zero-order chi connectivity index (χ0) is 24.3. The van der Waals surface area contributed by atoms with Crippen LogP contribution in [0.25, 0.3) is 11.0 Å². The Labute approximate surface area is 193 Å². The van der Waals surface area contributed by atoms with E-state index in [0.29, 0.717) is 22.6 Å². The maximum absolute atomic E-state index is 12.8. The van der Waals surface area contributed by atoms with Crippen molar-refractivity contribution in [1.82, 2.24) is 4.31 Å². The lowest BCUT2D eigenvalue weighted by atomic mass is 10.1. The fraction of sp³-hybridized carbons (Fsp3) is 0.333. The minimum atomic E-state index is -3.64. The number of hydrogen-bond acceptors (Lipinski definition) is 6. The summed E-state index contributed by atoms with van der Waals surface area (Å²) in [7, 11) is -0.749. The fourth-order valence-corrected chi connectivity index (χ4v) is 4.29. The average Bonchev–Trinajstić information content (AvgIpc) is 2.74. The van der Waals surface area contributed by atoms with Crippen molar-refractivity contribution in [3.63, 3.8) is 0 Å². The molecule has 0 aliphatic rings. The number of carbonyl (C=O) groups is 1. The molecule has 1 amide bonds. The molecule has 2 aromatic carbocycles. The van der Waals surface area contributed by atoms with E-state index in [1.54, 1.807) is 32.0 Å². The highest BCUT2D eigenvalue weighted by Crippen LogP contribution is 2.25. The Bertz CT molecular complexity index is 1340. The Morgan fingerprint density at radius 2 is 1.88 bits per heavy atom. The number of benzene rings is 2. The quantitative estimate of drug-likeness (QED) is 0.501. The molecular weight excluding hydrogens is 444 g/mol. The number of ether oxygens (including phenoxy) is 1. The summed E-state index contributed by atoms with van der Waals surface area (Å²) < 4.78 is 37.0. The van der Waals surface area contributed by atoms with Crippen LogP contribution in [0.1, 0.15) is 31.4 Å². The second-order valence-corrected chi connectivity index (χ2v) is 10.2. The Hall–Kier alpha value is -3.17. The summed E-state index contributed by atoms with van der Waals surface area (Å²) in [4.78, 5) is 24.7. The number of hydrogen-bond donors (Lipinski definition) is 1. The van der Waals surface area contributed by atoms with Crippen molar-refractivity contribution in [2.45, 2.75) is 44.6 Å². The van der Waals surface area contributed by atoms with Gasteiger partial charge in [0.05, 0.1) is 4.90 Å². The van der Waals surface area contributed by atoms with Crippen LogP contribution in [-0.2, 0) is 21.2 Å². The molecule has 9 heteroatoms. The number of aryl methyl sites for hydroxylation is 2. The van der Waals surface area contributed by atoms with Crippen molar-refractivity contribution in [2.24, 2.45) is 0 Å². The molecule has 0 fully saturated rings. The SMILES string of the molecule is CCCc1cc(=O)oc2cc(OC(C)C(=O)Nc3cc(S(=O)(=O)N(C)C)ccc3C)ccc12. The Morgan fingerprint density at radius 1 is 1.15 bits per heavy atom. The lowest BCUT2D eigenvalue weighted by Crippen LogP contribution is -2.30. The first kappa shape index (κ1) is 24.5. The van der Waals surface area contributed by atoms with Crippen LogP contribution < -0.4 is 15.7 Å². The van der Waals surface area contributed by atoms with Gasteiger partial charge in [-0.05, 0) is 55.7 Å². The summed E-state index contributed by atoms with van der Waals surface area (Å²) in [6.07, 6.45) is 0.759. The number of anilines is 1. The van der Waals surface area contributed by atoms with Gasteiger partial charge in [0.25, 0.3) is 5.91 Å². The van der Waals surface area contributed by atoms with Crippen molar-refractivity contribution in [3.8, 4) is 5.75 Å². The van der Waals surface area contributed by atoms with Crippen LogP contribution in [0.15, 0.2) is 56.6 Å². The third-order valence-electron chi connectivity index (χ3n) is 5.25. The van der Waals surface area contributed by atoms with Crippen molar-refractivity contribution in [2.75, 3.05) is 19.4 Å². The van der Waals surface area contributed by atoms with Crippen LogP contribution in [-0.4, -0.2) is 38.8 Å². The zero-order valence-corrected chi connectivity index (χ0v) is 20.2. The summed E-state index contributed by atoms with van der Waals surface area (Å²) in [5, 5.41) is 3.56. The average molecular weight is 473 g/mol. The largest absolute Gasteiger partial charge is 0.481 e. The molecule has 8 nitrogen and oxygen atoms in total. The first-order chi connectivity index (χ1) is 15.5. The van der Waals surface area contributed by atoms with Gasteiger partial charge in [0, 0.05) is 37.3 Å². The van der Waals surface area contributed by atoms with E-state index >= 15 is 0 Å². The predicted octanol–water partition coefficient (Wildman–Crippen LogP) is 3.71. The summed E-state index contributed by atoms with van der Waals surface area (Å²) in [5.74, 6) is -0.0682. The van der Waals surface area contributed by atoms with Gasteiger partial charge in [-0.15, -0.1) is 0 Å². The van der Waals surface area contributed by atoms with E-state index in [2.05, 4.69) is 5.32 Å². The van der Waals surface area contributed by atoms with E-state index in [1.165, 1.54) is 32.3 Å². The summed E-state index contributed by atoms with van der Waals surface area (Å²) >= 11 is 0. The van der Waals surface area contributed by atoms with Crippen molar-refractivity contribution >= 4 is 32.6 Å². The van der Waals surface area contributed by atoms with Crippen molar-refractivity contribution < 1.29 is 22.4 Å². The van der Waals surface area contributed by atoms with Gasteiger partial charge in [-0.3, -0.25) is 4.79 Å². The first-order valence-electron chi connectivity index (χ1n) is 10.6. The summed E-state index contributed by atoms with van der Waals surface area (Å²) in [6.45, 7) is 5.39. The van der Waals surface area contributed by atoms with Gasteiger partial charge in [0.2, 0.25) is 10.0 Å². The minimum Gasteiger partial charge on any atom is -0.481 e. The van der Waals surface area contributed by atoms with Crippen LogP contribution in [0.2, 0.25) is 0 Å². The van der Waals surface area contributed by atoms with Gasteiger partial charge in [-0.25, -0.2) is 17.5 Å². The molecule has 0 saturated heterocycles. The molecule has 3 aromatic rings. The number of amides is 1. The molecule has 176 valence electrons. The first-order valence-corrected chi connectivity index (χ1v) is 12.0. The van der Waals surface area contributed by atoms with Crippen LogP contribution in [0, 0.1) is 6.92 Å². The normalized spacial score (nSPS) is 12.7. The predicted molar refractivity (Wildman–Crippen MR) is 127 cm³/mol. The third-order valence-corrected chi connectivity index (χ3v) is 7.06. The monoisotopic (exact) mass is 472 g/mol. The molecule has 0 spiro atoms. The summed E-state index contributed by atoms with van der Waals surface area (Å²) in [5.41, 5.74) is 1.96. The molecule has 1 N–H and O–H groups in total. The molecule has 1 heterocycles. The number of carbonyl (C=O) groups excluding carboxylic acids is 1. The van der Waals surface area contributed by atoms with E-state index in [4.69, 9.17) is 9.15 Å². The molecule has 1 unspecified atom stereocenters. The number of rotatable bonds is 8. The molecule has 1 atom stereocenters. The molecule has 0 bridgehead atoms. The standard InChI is InChI=1S/C24H28N2O6S/c1-6-7-17-12-23(27)32-22-13-18(9-11-20(17)22)31-16(3)24(28)25-21-14-19(10-8-15(21)2)33(29,30)26(4)5/h8-14,16H,6-7H2,1-5H3,(H,25,28). The van der Waals surface area contributed by atoms with E-state index in [9.17, 15) is 18.0 Å². The molecule has 1 aromatic heterocycles. The highest BCUT2D eigenvalue weighted by Gasteiger charge is 2.21. The fourth-order valence-electron chi connectivity index (χ4n) is 3.36. The number of nitrogens with zero attached hydrogens (tertiary/aromatic N) is 1. The molecule has 0 radical (unpaired) electrons. The molecule has 0 saturated carbocycles. The van der Waals surface area contributed by atoms with Crippen molar-refractivity contribution in [3.05, 3.63) is 64.0 Å². The highest BCUT2D eigenvalue weighted by atomic mass is 32.2. The van der Waals surface area contributed by atoms with E-state index in [0.717, 1.165) is 28.1 Å². The lowest BCUT2D eigenvalue weighted by Gasteiger charge is -2.17. The van der Waals surface area contributed by atoms with Gasteiger partial charge in [-0.2, -0.15) is 0 Å². The molecular formula is C24H28N2O6S. The van der Waals surface area contributed by atoms with Gasteiger partial charge >= 0.3 is 5.63 Å². The lowest BCUT2D eigenvalue weighted by molar-refractivity contribution is -0.122. The van der Waals surface area contributed by atoms with E-state index in [-0.39, 0.29) is 4.90 Å². The molecule has 3 rings (SSSR count). The maximum atomic E-state index is 12.8. The van der Waals surface area contributed by atoms with E-state index < -0.39 is 27.7 Å². The van der Waals surface area contributed by atoms with Gasteiger partial charge in [0.15, 0.2) is 6.10 Å². The van der Waals surface area contributed by atoms with Crippen LogP contribution >= 0.6 is 0 Å². The van der Waals surface area contributed by atoms with Gasteiger partial charge < -0.3 is 14.5 Å². The molecule has 0 aliphatic heterocycles. The Kier molecular flexibility index (Phi) is 7.24. The Morgan fingerprint density at radius 3 is 2.55 bits per heavy atom. The van der Waals surface area contributed by atoms with Crippen molar-refractivity contribution in [1.29, 1.82) is 0 Å². The second kappa shape index (κ2) is 9.76. The number of nitrogens with one attached hydrogen (secondary N) is 1. The topological polar surface area (TPSA) is 106 Å². The minimum absolute atomic E-state index is 0.0782. The third kappa shape index (κ3) is 5.43. The summed E-state index contributed by atoms with van der Waals surface area (Å²) in [6, 6.07) is 11.2. The number of sulfonamides is 1. The second-order valence-electron chi connectivity index (χ2n) is 8.01. The van der Waals surface area contributed by atoms with Gasteiger partial charge in [-0.1, -0.05) is 19.4 Å².